The van der Waals surface area contributed by atoms with Crippen LogP contribution in [0.3, 0.4) is 0 Å². The van der Waals surface area contributed by atoms with Gasteiger partial charge in [0.1, 0.15) is 5.60 Å². The summed E-state index contributed by atoms with van der Waals surface area (Å²) in [5.74, 6) is 0. The second-order valence-electron chi connectivity index (χ2n) is 7.82. The van der Waals surface area contributed by atoms with Crippen LogP contribution in [0.4, 0.5) is 9.93 Å². The van der Waals surface area contributed by atoms with Gasteiger partial charge in [0.15, 0.2) is 0 Å². The molecule has 0 saturated carbocycles. The molecule has 1 unspecified atom stereocenters. The number of nitrogens with one attached hydrogen (secondary N) is 1. The SMILES string of the molecule is CC(C)(C)OC(=O)NC1CCN(c2nn3cc(-c4ccc(Cl)cc4)nc3s2)C1. The van der Waals surface area contributed by atoms with Crippen LogP contribution in [0.25, 0.3) is 16.2 Å². The monoisotopic (exact) mass is 419 g/mol. The van der Waals surface area contributed by atoms with E-state index in [9.17, 15) is 4.79 Å². The lowest BCUT2D eigenvalue weighted by Gasteiger charge is -2.21. The number of hydrogen-bond donors (Lipinski definition) is 1. The first kappa shape index (κ1) is 19.0. The molecule has 148 valence electrons. The molecule has 0 spiro atoms. The number of amides is 1. The number of fused-ring (bicyclic) bond motifs is 1. The number of imidazole rings is 1. The van der Waals surface area contributed by atoms with Crippen LogP contribution < -0.4 is 10.2 Å². The van der Waals surface area contributed by atoms with E-state index in [1.165, 1.54) is 0 Å². The minimum atomic E-state index is -0.495. The molecule has 1 N–H and O–H groups in total. The topological polar surface area (TPSA) is 71.8 Å². The van der Waals surface area contributed by atoms with Crippen LogP contribution in [0.15, 0.2) is 30.5 Å². The Morgan fingerprint density at radius 2 is 2.07 bits per heavy atom. The first-order chi connectivity index (χ1) is 13.3. The van der Waals surface area contributed by atoms with E-state index < -0.39 is 5.60 Å². The van der Waals surface area contributed by atoms with Crippen molar-refractivity contribution >= 4 is 39.1 Å². The number of aromatic nitrogens is 3. The van der Waals surface area contributed by atoms with Gasteiger partial charge < -0.3 is 15.0 Å². The molecule has 1 saturated heterocycles. The van der Waals surface area contributed by atoms with Gasteiger partial charge in [-0.25, -0.2) is 14.3 Å². The highest BCUT2D eigenvalue weighted by molar-refractivity contribution is 7.20. The lowest BCUT2D eigenvalue weighted by molar-refractivity contribution is 0.0509. The van der Waals surface area contributed by atoms with Gasteiger partial charge in [-0.05, 0) is 39.3 Å². The minimum Gasteiger partial charge on any atom is -0.444 e. The Morgan fingerprint density at radius 1 is 1.32 bits per heavy atom. The van der Waals surface area contributed by atoms with Gasteiger partial charge in [0.2, 0.25) is 10.1 Å². The number of anilines is 1. The highest BCUT2D eigenvalue weighted by Gasteiger charge is 2.28. The molecule has 0 radical (unpaired) electrons. The Hall–Kier alpha value is -2.32. The number of rotatable bonds is 3. The molecule has 7 nitrogen and oxygen atoms in total. The van der Waals surface area contributed by atoms with Crippen LogP contribution in [0.2, 0.25) is 5.02 Å². The number of carbonyl (C=O) groups excluding carboxylic acids is 1. The van der Waals surface area contributed by atoms with Crippen LogP contribution in [-0.4, -0.2) is 45.4 Å². The number of nitrogens with zero attached hydrogens (tertiary/aromatic N) is 4. The van der Waals surface area contributed by atoms with Crippen LogP contribution in [0.5, 0.6) is 0 Å². The molecular weight excluding hydrogens is 398 g/mol. The van der Waals surface area contributed by atoms with Crippen molar-refractivity contribution in [2.24, 2.45) is 0 Å². The van der Waals surface area contributed by atoms with Gasteiger partial charge in [-0.3, -0.25) is 0 Å². The average molecular weight is 420 g/mol. The molecule has 3 aromatic rings. The molecule has 3 heterocycles. The fourth-order valence-electron chi connectivity index (χ4n) is 3.10. The number of carbonyl (C=O) groups is 1. The van der Waals surface area contributed by atoms with E-state index in [2.05, 4.69) is 20.3 Å². The zero-order valence-electron chi connectivity index (χ0n) is 16.0. The van der Waals surface area contributed by atoms with Gasteiger partial charge in [-0.15, -0.1) is 5.10 Å². The molecule has 1 aliphatic heterocycles. The number of hydrogen-bond acceptors (Lipinski definition) is 6. The molecule has 1 atom stereocenters. The molecule has 1 amide bonds. The van der Waals surface area contributed by atoms with Crippen LogP contribution in [0.1, 0.15) is 27.2 Å². The maximum Gasteiger partial charge on any atom is 0.407 e. The normalized spacial score (nSPS) is 17.3. The largest absolute Gasteiger partial charge is 0.444 e. The fourth-order valence-corrected chi connectivity index (χ4v) is 4.15. The number of alkyl carbamates (subject to hydrolysis) is 1. The van der Waals surface area contributed by atoms with E-state index in [0.29, 0.717) is 11.6 Å². The van der Waals surface area contributed by atoms with Crippen molar-refractivity contribution in [2.45, 2.75) is 38.8 Å². The molecule has 9 heteroatoms. The van der Waals surface area contributed by atoms with Crippen LogP contribution in [-0.2, 0) is 4.74 Å². The highest BCUT2D eigenvalue weighted by atomic mass is 35.5. The molecule has 4 rings (SSSR count). The molecule has 1 aromatic carbocycles. The van der Waals surface area contributed by atoms with Gasteiger partial charge in [-0.2, -0.15) is 0 Å². The molecule has 1 aliphatic rings. The quantitative estimate of drug-likeness (QED) is 0.688. The van der Waals surface area contributed by atoms with E-state index in [-0.39, 0.29) is 12.1 Å². The minimum absolute atomic E-state index is 0.0516. The second kappa shape index (κ2) is 7.25. The molecule has 2 aromatic heterocycles. The summed E-state index contributed by atoms with van der Waals surface area (Å²) in [5, 5.41) is 9.20. The molecular formula is C19H22ClN5O2S. The molecule has 0 bridgehead atoms. The summed E-state index contributed by atoms with van der Waals surface area (Å²) in [7, 11) is 0. The Kier molecular flexibility index (Phi) is 4.93. The van der Waals surface area contributed by atoms with E-state index >= 15 is 0 Å². The summed E-state index contributed by atoms with van der Waals surface area (Å²) in [6.45, 7) is 7.12. The van der Waals surface area contributed by atoms with Crippen molar-refractivity contribution in [1.82, 2.24) is 19.9 Å². The Bertz CT molecular complexity index is 961. The van der Waals surface area contributed by atoms with Crippen LogP contribution in [0, 0.1) is 0 Å². The third kappa shape index (κ3) is 4.23. The van der Waals surface area contributed by atoms with E-state index in [0.717, 1.165) is 34.3 Å². The predicted molar refractivity (Wildman–Crippen MR) is 111 cm³/mol. The summed E-state index contributed by atoms with van der Waals surface area (Å²) in [6, 6.07) is 7.65. The second-order valence-corrected chi connectivity index (χ2v) is 9.19. The maximum absolute atomic E-state index is 12.0. The third-order valence-electron chi connectivity index (χ3n) is 4.35. The summed E-state index contributed by atoms with van der Waals surface area (Å²) >= 11 is 7.49. The Balaban J connectivity index is 1.42. The maximum atomic E-state index is 12.0. The Morgan fingerprint density at radius 3 is 2.75 bits per heavy atom. The van der Waals surface area contributed by atoms with Gasteiger partial charge in [0.05, 0.1) is 17.9 Å². The van der Waals surface area contributed by atoms with Crippen molar-refractivity contribution < 1.29 is 9.53 Å². The van der Waals surface area contributed by atoms with Crippen molar-refractivity contribution in [3.8, 4) is 11.3 Å². The lowest BCUT2D eigenvalue weighted by atomic mass is 10.2. The van der Waals surface area contributed by atoms with Gasteiger partial charge in [0.25, 0.3) is 0 Å². The first-order valence-corrected chi connectivity index (χ1v) is 10.3. The molecule has 28 heavy (non-hydrogen) atoms. The highest BCUT2D eigenvalue weighted by Crippen LogP contribution is 2.29. The lowest BCUT2D eigenvalue weighted by Crippen LogP contribution is -2.40. The average Bonchev–Trinajstić information content (AvgIpc) is 3.27. The number of benzene rings is 1. The van der Waals surface area contributed by atoms with E-state index in [1.54, 1.807) is 15.9 Å². The summed E-state index contributed by atoms with van der Waals surface area (Å²) in [5.41, 5.74) is 1.38. The summed E-state index contributed by atoms with van der Waals surface area (Å²) < 4.78 is 7.14. The van der Waals surface area contributed by atoms with E-state index in [1.807, 2.05) is 51.2 Å². The van der Waals surface area contributed by atoms with E-state index in [4.69, 9.17) is 16.3 Å². The number of halogens is 1. The standard InChI is InChI=1S/C19H22ClN5O2S/c1-19(2,3)27-18(26)21-14-8-9-24(10-14)17-23-25-11-15(22-16(25)28-17)12-4-6-13(20)7-5-12/h4-7,11,14H,8-10H2,1-3H3,(H,21,26). The zero-order chi connectivity index (χ0) is 19.9. The van der Waals surface area contributed by atoms with Gasteiger partial charge in [-0.1, -0.05) is 35.1 Å². The summed E-state index contributed by atoms with van der Waals surface area (Å²) in [4.78, 5) is 19.6. The van der Waals surface area contributed by atoms with Gasteiger partial charge >= 0.3 is 6.09 Å². The predicted octanol–water partition coefficient (Wildman–Crippen LogP) is 4.21. The molecule has 1 fully saturated rings. The fraction of sp³-hybridized carbons (Fsp3) is 0.421. The van der Waals surface area contributed by atoms with Crippen molar-refractivity contribution in [3.05, 3.63) is 35.5 Å². The third-order valence-corrected chi connectivity index (χ3v) is 5.59. The number of ether oxygens (including phenoxy) is 1. The Labute approximate surface area is 172 Å². The van der Waals surface area contributed by atoms with Gasteiger partial charge in [0, 0.05) is 23.7 Å². The smallest absolute Gasteiger partial charge is 0.407 e. The first-order valence-electron chi connectivity index (χ1n) is 9.13. The summed E-state index contributed by atoms with van der Waals surface area (Å²) in [6.07, 6.45) is 2.41. The zero-order valence-corrected chi connectivity index (χ0v) is 17.5. The van der Waals surface area contributed by atoms with Crippen molar-refractivity contribution in [3.63, 3.8) is 0 Å². The van der Waals surface area contributed by atoms with Crippen molar-refractivity contribution in [1.29, 1.82) is 0 Å². The van der Waals surface area contributed by atoms with Crippen LogP contribution >= 0.6 is 22.9 Å². The van der Waals surface area contributed by atoms with Crippen molar-refractivity contribution in [2.75, 3.05) is 18.0 Å². The molecule has 0 aliphatic carbocycles.